The minimum atomic E-state index is -0.920. The summed E-state index contributed by atoms with van der Waals surface area (Å²) in [6, 6.07) is 7.78. The third-order valence-electron chi connectivity index (χ3n) is 5.08. The van der Waals surface area contributed by atoms with E-state index in [1.165, 1.54) is 19.1 Å². The number of nitrogens with zero attached hydrogens (tertiary/aromatic N) is 1. The first-order valence-electron chi connectivity index (χ1n) is 9.22. The molecule has 2 aliphatic heterocycles. The van der Waals surface area contributed by atoms with E-state index in [1.54, 1.807) is 47.5 Å². The maximum absolute atomic E-state index is 14.9. The van der Waals surface area contributed by atoms with Crippen LogP contribution < -0.4 is 0 Å². The molecular weight excluding hydrogens is 391 g/mol. The van der Waals surface area contributed by atoms with Crippen LogP contribution in [-0.2, 0) is 4.79 Å². The molecule has 0 N–H and O–H groups in total. The van der Waals surface area contributed by atoms with E-state index in [0.29, 0.717) is 23.2 Å². The van der Waals surface area contributed by atoms with Crippen LogP contribution in [0.15, 0.2) is 72.6 Å². The number of benzene rings is 2. The van der Waals surface area contributed by atoms with Gasteiger partial charge in [0.05, 0.1) is 22.9 Å². The van der Waals surface area contributed by atoms with Crippen molar-refractivity contribution in [1.82, 2.24) is 4.90 Å². The summed E-state index contributed by atoms with van der Waals surface area (Å²) < 4.78 is 43.2. The van der Waals surface area contributed by atoms with E-state index in [1.807, 2.05) is 0 Å². The normalized spacial score (nSPS) is 17.7. The molecule has 0 bridgehead atoms. The van der Waals surface area contributed by atoms with E-state index in [0.717, 1.165) is 12.1 Å². The molecular formula is C24H16F3NO2. The van der Waals surface area contributed by atoms with Crippen LogP contribution in [0.25, 0.3) is 11.3 Å². The van der Waals surface area contributed by atoms with Crippen LogP contribution in [0, 0.1) is 23.4 Å². The Kier molecular flexibility index (Phi) is 4.99. The van der Waals surface area contributed by atoms with Crippen molar-refractivity contribution >= 4 is 23.3 Å². The monoisotopic (exact) mass is 407 g/mol. The van der Waals surface area contributed by atoms with E-state index in [4.69, 9.17) is 0 Å². The highest BCUT2D eigenvalue weighted by atomic mass is 19.1. The van der Waals surface area contributed by atoms with Gasteiger partial charge in [0.2, 0.25) is 0 Å². The molecule has 2 aromatic rings. The summed E-state index contributed by atoms with van der Waals surface area (Å²) in [5, 5.41) is 0. The predicted molar refractivity (Wildman–Crippen MR) is 107 cm³/mol. The number of Topliss-reactive ketones (excluding diaryl/α,β-unsaturated/α-hetero) is 1. The van der Waals surface area contributed by atoms with Crippen molar-refractivity contribution in [3.8, 4) is 0 Å². The van der Waals surface area contributed by atoms with Crippen molar-refractivity contribution in [3.63, 3.8) is 0 Å². The maximum Gasteiger partial charge on any atom is 0.160 e. The highest BCUT2D eigenvalue weighted by Crippen LogP contribution is 2.41. The van der Waals surface area contributed by atoms with Gasteiger partial charge in [-0.3, -0.25) is 4.79 Å². The first-order chi connectivity index (χ1) is 14.4. The molecule has 6 heteroatoms. The summed E-state index contributed by atoms with van der Waals surface area (Å²) in [5.74, 6) is -3.56. The van der Waals surface area contributed by atoms with Crippen LogP contribution in [0.4, 0.5) is 13.2 Å². The molecule has 0 saturated heterocycles. The number of ketones is 1. The molecule has 2 heterocycles. The van der Waals surface area contributed by atoms with Gasteiger partial charge >= 0.3 is 0 Å². The van der Waals surface area contributed by atoms with Gasteiger partial charge in [0.25, 0.3) is 0 Å². The van der Waals surface area contributed by atoms with Crippen LogP contribution >= 0.6 is 0 Å². The summed E-state index contributed by atoms with van der Waals surface area (Å²) in [6.45, 7) is 1.22. The zero-order valence-corrected chi connectivity index (χ0v) is 15.9. The Morgan fingerprint density at radius 3 is 2.33 bits per heavy atom. The van der Waals surface area contributed by atoms with Crippen molar-refractivity contribution in [1.29, 1.82) is 0 Å². The molecule has 2 aliphatic rings. The summed E-state index contributed by atoms with van der Waals surface area (Å²) in [6.07, 6.45) is 8.94. The smallest absolute Gasteiger partial charge is 0.160 e. The van der Waals surface area contributed by atoms with Gasteiger partial charge in [-0.05, 0) is 61.0 Å². The van der Waals surface area contributed by atoms with Crippen molar-refractivity contribution in [3.05, 3.63) is 107 Å². The molecule has 0 aliphatic carbocycles. The number of aldehydes is 1. The predicted octanol–water partition coefficient (Wildman–Crippen LogP) is 5.27. The number of allylic oxidation sites excluding steroid dienone is 5. The molecule has 0 amide bonds. The summed E-state index contributed by atoms with van der Waals surface area (Å²) in [7, 11) is 0. The van der Waals surface area contributed by atoms with Gasteiger partial charge in [-0.1, -0.05) is 12.2 Å². The SMILES string of the molecule is CC(=O)c1cc(F)c(C2=C3C=CC=C(c4ccc(F)cc4)N3C=CC2C=O)c(F)c1. The lowest BCUT2D eigenvalue weighted by molar-refractivity contribution is -0.108. The minimum absolute atomic E-state index is 0.0868. The average Bonchev–Trinajstić information content (AvgIpc) is 2.73. The zero-order chi connectivity index (χ0) is 21.4. The lowest BCUT2D eigenvalue weighted by Crippen LogP contribution is -2.25. The molecule has 150 valence electrons. The van der Waals surface area contributed by atoms with Crippen LogP contribution in [-0.4, -0.2) is 17.0 Å². The molecule has 0 fully saturated rings. The number of carbonyl (C=O) groups is 2. The van der Waals surface area contributed by atoms with Gasteiger partial charge in [0.15, 0.2) is 5.78 Å². The largest absolute Gasteiger partial charge is 0.317 e. The molecule has 0 spiro atoms. The third-order valence-corrected chi connectivity index (χ3v) is 5.08. The lowest BCUT2D eigenvalue weighted by Gasteiger charge is -2.34. The van der Waals surface area contributed by atoms with Crippen LogP contribution in [0.2, 0.25) is 0 Å². The van der Waals surface area contributed by atoms with Crippen molar-refractivity contribution < 1.29 is 22.8 Å². The first kappa shape index (κ1) is 19.6. The van der Waals surface area contributed by atoms with Crippen molar-refractivity contribution in [2.24, 2.45) is 5.92 Å². The standard InChI is InChI=1S/C24H16F3NO2/c1-14(30)17-11-19(26)24(20(27)12-17)23-16(13-29)9-10-28-21(3-2-4-22(23)28)15-5-7-18(25)8-6-15/h2-13,16H,1H3. The average molecular weight is 407 g/mol. The molecule has 4 rings (SSSR count). The fourth-order valence-corrected chi connectivity index (χ4v) is 3.64. The molecule has 0 saturated carbocycles. The molecule has 2 aromatic carbocycles. The molecule has 3 nitrogen and oxygen atoms in total. The number of rotatable bonds is 4. The fourth-order valence-electron chi connectivity index (χ4n) is 3.64. The Hall–Kier alpha value is -3.67. The zero-order valence-electron chi connectivity index (χ0n) is 15.9. The number of hydrogen-bond donors (Lipinski definition) is 0. The van der Waals surface area contributed by atoms with Crippen LogP contribution in [0.5, 0.6) is 0 Å². The van der Waals surface area contributed by atoms with E-state index in [9.17, 15) is 22.8 Å². The highest BCUT2D eigenvalue weighted by Gasteiger charge is 2.31. The van der Waals surface area contributed by atoms with Crippen LogP contribution in [0.1, 0.15) is 28.4 Å². The summed E-state index contributed by atoms with van der Waals surface area (Å²) in [5.41, 5.74) is 1.49. The second kappa shape index (κ2) is 7.63. The van der Waals surface area contributed by atoms with E-state index in [2.05, 4.69) is 0 Å². The van der Waals surface area contributed by atoms with Gasteiger partial charge < -0.3 is 9.69 Å². The summed E-state index contributed by atoms with van der Waals surface area (Å²) >= 11 is 0. The number of hydrogen-bond acceptors (Lipinski definition) is 3. The second-order valence-corrected chi connectivity index (χ2v) is 6.96. The Morgan fingerprint density at radius 1 is 1.07 bits per heavy atom. The van der Waals surface area contributed by atoms with Crippen molar-refractivity contribution in [2.45, 2.75) is 6.92 Å². The lowest BCUT2D eigenvalue weighted by atomic mass is 9.86. The van der Waals surface area contributed by atoms with Crippen LogP contribution in [0.3, 0.4) is 0 Å². The minimum Gasteiger partial charge on any atom is -0.317 e. The first-order valence-corrected chi connectivity index (χ1v) is 9.22. The molecule has 1 atom stereocenters. The third kappa shape index (κ3) is 3.30. The van der Waals surface area contributed by atoms with Gasteiger partial charge in [-0.15, -0.1) is 0 Å². The Morgan fingerprint density at radius 2 is 1.73 bits per heavy atom. The van der Waals surface area contributed by atoms with E-state index in [-0.39, 0.29) is 22.5 Å². The topological polar surface area (TPSA) is 37.4 Å². The van der Waals surface area contributed by atoms with Gasteiger partial charge in [-0.2, -0.15) is 0 Å². The highest BCUT2D eigenvalue weighted by molar-refractivity contribution is 5.95. The second-order valence-electron chi connectivity index (χ2n) is 6.96. The van der Waals surface area contributed by atoms with E-state index < -0.39 is 23.3 Å². The quantitative estimate of drug-likeness (QED) is 0.512. The molecule has 0 radical (unpaired) electrons. The fraction of sp³-hybridized carbons (Fsp3) is 0.0833. The van der Waals surface area contributed by atoms with Gasteiger partial charge in [-0.25, -0.2) is 13.2 Å². The summed E-state index contributed by atoms with van der Waals surface area (Å²) in [4.78, 5) is 25.0. The van der Waals surface area contributed by atoms with Gasteiger partial charge in [0.1, 0.15) is 23.7 Å². The Bertz CT molecular complexity index is 1150. The number of halogens is 3. The van der Waals surface area contributed by atoms with E-state index >= 15 is 0 Å². The number of carbonyl (C=O) groups excluding carboxylic acids is 2. The van der Waals surface area contributed by atoms with Crippen molar-refractivity contribution in [2.75, 3.05) is 0 Å². The molecule has 30 heavy (non-hydrogen) atoms. The van der Waals surface area contributed by atoms with Gasteiger partial charge in [0, 0.05) is 17.3 Å². The molecule has 0 aromatic heterocycles. The number of fused-ring (bicyclic) bond motifs is 1. The maximum atomic E-state index is 14.9. The Balaban J connectivity index is 1.90. The Labute approximate surface area is 171 Å². The molecule has 1 unspecified atom stereocenters.